The third-order valence-corrected chi connectivity index (χ3v) is 3.50. The molecule has 1 unspecified atom stereocenters. The zero-order valence-electron chi connectivity index (χ0n) is 12.5. The van der Waals surface area contributed by atoms with E-state index in [1.54, 1.807) is 23.0 Å². The molecule has 0 aliphatic heterocycles. The van der Waals surface area contributed by atoms with Gasteiger partial charge in [-0.25, -0.2) is 4.68 Å². The largest absolute Gasteiger partial charge is 0.352 e. The van der Waals surface area contributed by atoms with Crippen molar-refractivity contribution in [3.63, 3.8) is 0 Å². The summed E-state index contributed by atoms with van der Waals surface area (Å²) >= 11 is 5.87. The van der Waals surface area contributed by atoms with E-state index in [1.165, 1.54) is 0 Å². The maximum Gasteiger partial charge on any atom is 0.254 e. The lowest BCUT2D eigenvalue weighted by Gasteiger charge is -2.09. The molecule has 120 valence electrons. The molecule has 1 atom stereocenters. The molecule has 0 bridgehead atoms. The molecule has 1 heterocycles. The third kappa shape index (κ3) is 4.47. The summed E-state index contributed by atoms with van der Waals surface area (Å²) in [6, 6.07) is 7.28. The fourth-order valence-corrected chi connectivity index (χ4v) is 1.98. The Labute approximate surface area is 141 Å². The predicted molar refractivity (Wildman–Crippen MR) is 91.1 cm³/mol. The standard InChI is InChI=1S/C15H19ClN4O.ClH/c1-10(7-17)8-18-15(21)14-9-20(19-11(14)2)13-5-3-12(16)4-6-13;/h3-6,9-10H,7-8,17H2,1-2H3,(H,18,21);1H. The SMILES string of the molecule is Cc1nn(-c2ccc(Cl)cc2)cc1C(=O)NCC(C)CN.Cl. The van der Waals surface area contributed by atoms with Gasteiger partial charge in [0.05, 0.1) is 16.9 Å². The van der Waals surface area contributed by atoms with E-state index in [9.17, 15) is 4.79 Å². The minimum atomic E-state index is -0.131. The lowest BCUT2D eigenvalue weighted by atomic mass is 10.2. The van der Waals surface area contributed by atoms with Crippen molar-refractivity contribution in [2.75, 3.05) is 13.1 Å². The molecule has 1 amide bonds. The molecule has 0 aliphatic carbocycles. The van der Waals surface area contributed by atoms with Crippen LogP contribution in [0.25, 0.3) is 5.69 Å². The number of halogens is 2. The first-order valence-corrected chi connectivity index (χ1v) is 7.19. The van der Waals surface area contributed by atoms with Crippen molar-refractivity contribution in [2.24, 2.45) is 11.7 Å². The van der Waals surface area contributed by atoms with Gasteiger partial charge in [-0.2, -0.15) is 5.10 Å². The van der Waals surface area contributed by atoms with Crippen LogP contribution in [0.5, 0.6) is 0 Å². The number of rotatable bonds is 5. The van der Waals surface area contributed by atoms with Gasteiger partial charge in [0.15, 0.2) is 0 Å². The minimum absolute atomic E-state index is 0. The van der Waals surface area contributed by atoms with E-state index < -0.39 is 0 Å². The smallest absolute Gasteiger partial charge is 0.254 e. The Hall–Kier alpha value is -1.56. The summed E-state index contributed by atoms with van der Waals surface area (Å²) in [5, 5.41) is 7.90. The molecule has 0 spiro atoms. The molecule has 22 heavy (non-hydrogen) atoms. The Morgan fingerprint density at radius 1 is 1.41 bits per heavy atom. The second-order valence-electron chi connectivity index (χ2n) is 5.10. The molecular formula is C15H20Cl2N4O. The zero-order valence-corrected chi connectivity index (χ0v) is 14.1. The normalized spacial score (nSPS) is 11.6. The van der Waals surface area contributed by atoms with E-state index in [1.807, 2.05) is 26.0 Å². The van der Waals surface area contributed by atoms with Crippen LogP contribution in [0.3, 0.4) is 0 Å². The van der Waals surface area contributed by atoms with Crippen molar-refractivity contribution < 1.29 is 4.79 Å². The highest BCUT2D eigenvalue weighted by atomic mass is 35.5. The van der Waals surface area contributed by atoms with Gasteiger partial charge < -0.3 is 11.1 Å². The summed E-state index contributed by atoms with van der Waals surface area (Å²) in [6.45, 7) is 4.90. The van der Waals surface area contributed by atoms with Crippen molar-refractivity contribution in [1.29, 1.82) is 0 Å². The zero-order chi connectivity index (χ0) is 15.4. The van der Waals surface area contributed by atoms with Gasteiger partial charge in [-0.05, 0) is 43.7 Å². The lowest BCUT2D eigenvalue weighted by molar-refractivity contribution is 0.0948. The van der Waals surface area contributed by atoms with E-state index in [0.717, 1.165) is 5.69 Å². The second kappa shape index (κ2) is 8.17. The Morgan fingerprint density at radius 2 is 2.05 bits per heavy atom. The monoisotopic (exact) mass is 342 g/mol. The summed E-state index contributed by atoms with van der Waals surface area (Å²) in [6.07, 6.45) is 1.72. The molecular weight excluding hydrogens is 323 g/mol. The molecule has 3 N–H and O–H groups in total. The lowest BCUT2D eigenvalue weighted by Crippen LogP contribution is -2.31. The number of nitrogens with one attached hydrogen (secondary N) is 1. The van der Waals surface area contributed by atoms with Gasteiger partial charge >= 0.3 is 0 Å². The van der Waals surface area contributed by atoms with Crippen LogP contribution in [-0.4, -0.2) is 28.8 Å². The summed E-state index contributed by atoms with van der Waals surface area (Å²) in [4.78, 5) is 12.2. The maximum absolute atomic E-state index is 12.2. The number of carbonyl (C=O) groups is 1. The average molecular weight is 343 g/mol. The molecule has 2 aromatic rings. The van der Waals surface area contributed by atoms with E-state index in [0.29, 0.717) is 29.4 Å². The van der Waals surface area contributed by atoms with Crippen molar-refractivity contribution in [2.45, 2.75) is 13.8 Å². The van der Waals surface area contributed by atoms with Crippen LogP contribution < -0.4 is 11.1 Å². The minimum Gasteiger partial charge on any atom is -0.352 e. The Kier molecular flexibility index (Phi) is 6.87. The predicted octanol–water partition coefficient (Wildman–Crippen LogP) is 2.58. The first-order chi connectivity index (χ1) is 10.0. The number of aryl methyl sites for hydroxylation is 1. The molecule has 0 saturated carbocycles. The summed E-state index contributed by atoms with van der Waals surface area (Å²) in [7, 11) is 0. The summed E-state index contributed by atoms with van der Waals surface area (Å²) in [5.41, 5.74) is 7.65. The number of hydrogen-bond donors (Lipinski definition) is 2. The number of amides is 1. The van der Waals surface area contributed by atoms with E-state index in [4.69, 9.17) is 17.3 Å². The number of nitrogens with two attached hydrogens (primary N) is 1. The van der Waals surface area contributed by atoms with Crippen LogP contribution in [0.15, 0.2) is 30.5 Å². The van der Waals surface area contributed by atoms with Crippen LogP contribution >= 0.6 is 24.0 Å². The molecule has 2 rings (SSSR count). The Bertz CT molecular complexity index is 625. The number of nitrogens with zero attached hydrogens (tertiary/aromatic N) is 2. The average Bonchev–Trinajstić information content (AvgIpc) is 2.87. The molecule has 0 aliphatic rings. The van der Waals surface area contributed by atoms with Crippen LogP contribution in [0.4, 0.5) is 0 Å². The van der Waals surface area contributed by atoms with Gasteiger partial charge in [0.1, 0.15) is 0 Å². The highest BCUT2D eigenvalue weighted by molar-refractivity contribution is 6.30. The van der Waals surface area contributed by atoms with Gasteiger partial charge in [-0.1, -0.05) is 18.5 Å². The maximum atomic E-state index is 12.2. The molecule has 0 radical (unpaired) electrons. The molecule has 1 aromatic heterocycles. The van der Waals surface area contributed by atoms with Crippen LogP contribution in [0.2, 0.25) is 5.02 Å². The highest BCUT2D eigenvalue weighted by Gasteiger charge is 2.14. The topological polar surface area (TPSA) is 72.9 Å². The van der Waals surface area contributed by atoms with Gasteiger partial charge in [0, 0.05) is 17.8 Å². The van der Waals surface area contributed by atoms with E-state index in [2.05, 4.69) is 10.4 Å². The first-order valence-electron chi connectivity index (χ1n) is 6.81. The molecule has 1 aromatic carbocycles. The fourth-order valence-electron chi connectivity index (χ4n) is 1.85. The van der Waals surface area contributed by atoms with E-state index in [-0.39, 0.29) is 24.2 Å². The van der Waals surface area contributed by atoms with Gasteiger partial charge in [-0.3, -0.25) is 4.79 Å². The van der Waals surface area contributed by atoms with Crippen LogP contribution in [-0.2, 0) is 0 Å². The number of carbonyl (C=O) groups excluding carboxylic acids is 1. The van der Waals surface area contributed by atoms with Crippen molar-refractivity contribution in [1.82, 2.24) is 15.1 Å². The van der Waals surface area contributed by atoms with Crippen LogP contribution in [0.1, 0.15) is 23.0 Å². The summed E-state index contributed by atoms with van der Waals surface area (Å²) in [5.74, 6) is 0.119. The quantitative estimate of drug-likeness (QED) is 0.876. The van der Waals surface area contributed by atoms with Gasteiger partial charge in [0.2, 0.25) is 0 Å². The Balaban J connectivity index is 0.00000242. The first kappa shape index (κ1) is 18.5. The summed E-state index contributed by atoms with van der Waals surface area (Å²) < 4.78 is 1.67. The Morgan fingerprint density at radius 3 is 2.64 bits per heavy atom. The van der Waals surface area contributed by atoms with Crippen LogP contribution in [0, 0.1) is 12.8 Å². The van der Waals surface area contributed by atoms with Crippen molar-refractivity contribution in [3.05, 3.63) is 46.7 Å². The van der Waals surface area contributed by atoms with Gasteiger partial charge in [-0.15, -0.1) is 12.4 Å². The third-order valence-electron chi connectivity index (χ3n) is 3.25. The van der Waals surface area contributed by atoms with Crippen molar-refractivity contribution in [3.8, 4) is 5.69 Å². The van der Waals surface area contributed by atoms with Gasteiger partial charge in [0.25, 0.3) is 5.91 Å². The number of hydrogen-bond acceptors (Lipinski definition) is 3. The molecule has 0 fully saturated rings. The molecule has 7 heteroatoms. The van der Waals surface area contributed by atoms with E-state index >= 15 is 0 Å². The molecule has 5 nitrogen and oxygen atoms in total. The fraction of sp³-hybridized carbons (Fsp3) is 0.333. The second-order valence-corrected chi connectivity index (χ2v) is 5.54. The number of benzene rings is 1. The highest BCUT2D eigenvalue weighted by Crippen LogP contribution is 2.15. The molecule has 0 saturated heterocycles. The number of aromatic nitrogens is 2. The van der Waals surface area contributed by atoms with Crippen molar-refractivity contribution >= 4 is 29.9 Å².